The molecule has 1 aliphatic rings. The Morgan fingerprint density at radius 3 is 3.08 bits per heavy atom. The number of hydrogen-bond acceptors (Lipinski definition) is 5. The van der Waals surface area contributed by atoms with Gasteiger partial charge in [0.1, 0.15) is 5.82 Å². The van der Waals surface area contributed by atoms with E-state index in [-0.39, 0.29) is 17.7 Å². The van der Waals surface area contributed by atoms with Gasteiger partial charge in [0.05, 0.1) is 17.5 Å². The minimum Gasteiger partial charge on any atom is -0.345 e. The Labute approximate surface area is 139 Å². The van der Waals surface area contributed by atoms with E-state index in [0.29, 0.717) is 5.65 Å². The van der Waals surface area contributed by atoms with Crippen LogP contribution in [0, 0.1) is 0 Å². The summed E-state index contributed by atoms with van der Waals surface area (Å²) in [6.07, 6.45) is 7.12. The Balaban J connectivity index is 1.68. The van der Waals surface area contributed by atoms with E-state index in [1.807, 2.05) is 16.7 Å². The maximum atomic E-state index is 11.9. The van der Waals surface area contributed by atoms with E-state index in [9.17, 15) is 8.42 Å². The molecule has 9 heteroatoms. The van der Waals surface area contributed by atoms with E-state index in [4.69, 9.17) is 0 Å². The summed E-state index contributed by atoms with van der Waals surface area (Å²) in [5.41, 5.74) is 2.46. The fraction of sp³-hybridized carbons (Fsp3) is 0.533. The molecule has 128 valence electrons. The van der Waals surface area contributed by atoms with Crippen molar-refractivity contribution in [3.05, 3.63) is 24.3 Å². The maximum absolute atomic E-state index is 11.9. The Bertz CT molecular complexity index is 976. The van der Waals surface area contributed by atoms with Gasteiger partial charge in [0.2, 0.25) is 10.0 Å². The van der Waals surface area contributed by atoms with Crippen LogP contribution in [0.25, 0.3) is 16.8 Å². The van der Waals surface area contributed by atoms with Gasteiger partial charge in [-0.2, -0.15) is 0 Å². The fourth-order valence-corrected chi connectivity index (χ4v) is 4.42. The zero-order chi connectivity index (χ0) is 16.7. The summed E-state index contributed by atoms with van der Waals surface area (Å²) in [6, 6.07) is 1.92. The second-order valence-corrected chi connectivity index (χ2v) is 8.35. The van der Waals surface area contributed by atoms with Crippen LogP contribution < -0.4 is 4.72 Å². The zero-order valence-electron chi connectivity index (χ0n) is 13.4. The molecule has 0 bridgehead atoms. The summed E-state index contributed by atoms with van der Waals surface area (Å²) in [6.45, 7) is 1.66. The van der Waals surface area contributed by atoms with Gasteiger partial charge in [-0.15, -0.1) is 10.2 Å². The molecule has 3 aromatic heterocycles. The van der Waals surface area contributed by atoms with E-state index >= 15 is 0 Å². The summed E-state index contributed by atoms with van der Waals surface area (Å²) in [5.74, 6) is 1.17. The van der Waals surface area contributed by atoms with Gasteiger partial charge in [0.15, 0.2) is 11.3 Å². The van der Waals surface area contributed by atoms with Gasteiger partial charge in [-0.05, 0) is 32.3 Å². The molecule has 1 saturated carbocycles. The quantitative estimate of drug-likeness (QED) is 0.744. The smallest absolute Gasteiger partial charge is 0.211 e. The molecule has 3 aromatic rings. The molecule has 0 aliphatic heterocycles. The third kappa shape index (κ3) is 2.67. The van der Waals surface area contributed by atoms with Crippen LogP contribution in [0.5, 0.6) is 0 Å². The monoisotopic (exact) mass is 348 g/mol. The van der Waals surface area contributed by atoms with Crippen LogP contribution in [0.2, 0.25) is 0 Å². The normalized spacial score (nSPS) is 22.4. The van der Waals surface area contributed by atoms with Crippen LogP contribution in [0.1, 0.15) is 44.3 Å². The van der Waals surface area contributed by atoms with E-state index < -0.39 is 10.0 Å². The van der Waals surface area contributed by atoms with Crippen molar-refractivity contribution in [2.24, 2.45) is 0 Å². The number of nitrogens with one attached hydrogen (secondary N) is 2. The molecule has 0 unspecified atom stereocenters. The molecule has 0 amide bonds. The van der Waals surface area contributed by atoms with Crippen molar-refractivity contribution in [3.63, 3.8) is 0 Å². The van der Waals surface area contributed by atoms with Crippen molar-refractivity contribution in [2.75, 3.05) is 5.75 Å². The predicted molar refractivity (Wildman–Crippen MR) is 90.2 cm³/mol. The Morgan fingerprint density at radius 2 is 2.25 bits per heavy atom. The molecule has 3 heterocycles. The number of H-pyrrole nitrogens is 1. The number of rotatable bonds is 4. The Kier molecular flexibility index (Phi) is 3.76. The number of aromatic nitrogens is 5. The molecule has 0 saturated heterocycles. The van der Waals surface area contributed by atoms with Crippen LogP contribution in [0.3, 0.4) is 0 Å². The average Bonchev–Trinajstić information content (AvgIpc) is 3.20. The highest BCUT2D eigenvalue weighted by atomic mass is 32.2. The van der Waals surface area contributed by atoms with Crippen molar-refractivity contribution >= 4 is 26.8 Å². The minimum atomic E-state index is -3.19. The molecule has 1 aliphatic carbocycles. The van der Waals surface area contributed by atoms with Gasteiger partial charge >= 0.3 is 0 Å². The van der Waals surface area contributed by atoms with Gasteiger partial charge in [0, 0.05) is 18.2 Å². The first-order chi connectivity index (χ1) is 11.6. The first kappa shape index (κ1) is 15.5. The SMILES string of the molecule is CCS(=O)(=O)N[C@@H]1CCC[C@H](c2nnc3cnc4[nH]ccc4n23)C1. The van der Waals surface area contributed by atoms with Gasteiger partial charge in [-0.1, -0.05) is 6.42 Å². The van der Waals surface area contributed by atoms with Crippen molar-refractivity contribution in [3.8, 4) is 0 Å². The first-order valence-electron chi connectivity index (χ1n) is 8.24. The number of hydrogen-bond donors (Lipinski definition) is 2. The molecule has 2 N–H and O–H groups in total. The molecular formula is C15H20N6O2S. The second-order valence-electron chi connectivity index (χ2n) is 6.30. The summed E-state index contributed by atoms with van der Waals surface area (Å²) >= 11 is 0. The highest BCUT2D eigenvalue weighted by Gasteiger charge is 2.29. The highest BCUT2D eigenvalue weighted by molar-refractivity contribution is 7.89. The molecule has 0 aromatic carbocycles. The predicted octanol–water partition coefficient (Wildman–Crippen LogP) is 1.57. The van der Waals surface area contributed by atoms with Gasteiger partial charge < -0.3 is 4.98 Å². The number of aromatic amines is 1. The summed E-state index contributed by atoms with van der Waals surface area (Å²) in [4.78, 5) is 7.43. The largest absolute Gasteiger partial charge is 0.345 e. The van der Waals surface area contributed by atoms with Crippen molar-refractivity contribution in [1.29, 1.82) is 0 Å². The van der Waals surface area contributed by atoms with E-state index in [0.717, 1.165) is 42.7 Å². The van der Waals surface area contributed by atoms with Crippen LogP contribution >= 0.6 is 0 Å². The molecule has 0 spiro atoms. The van der Waals surface area contributed by atoms with Gasteiger partial charge in [-0.25, -0.2) is 18.1 Å². The van der Waals surface area contributed by atoms with Gasteiger partial charge in [-0.3, -0.25) is 4.40 Å². The van der Waals surface area contributed by atoms with Crippen LogP contribution in [0.15, 0.2) is 18.5 Å². The number of sulfonamides is 1. The average molecular weight is 348 g/mol. The lowest BCUT2D eigenvalue weighted by Gasteiger charge is -2.28. The molecule has 1 fully saturated rings. The van der Waals surface area contributed by atoms with Crippen LogP contribution in [-0.2, 0) is 10.0 Å². The Hall–Kier alpha value is -2.00. The topological polar surface area (TPSA) is 105 Å². The van der Waals surface area contributed by atoms with Crippen LogP contribution in [-0.4, -0.2) is 44.8 Å². The molecule has 24 heavy (non-hydrogen) atoms. The summed E-state index contributed by atoms with van der Waals surface area (Å²) in [5, 5.41) is 8.62. The molecular weight excluding hydrogens is 328 g/mol. The van der Waals surface area contributed by atoms with E-state index in [1.54, 1.807) is 13.1 Å². The lowest BCUT2D eigenvalue weighted by molar-refractivity contribution is 0.361. The lowest BCUT2D eigenvalue weighted by atomic mass is 9.85. The first-order valence-corrected chi connectivity index (χ1v) is 9.90. The molecule has 2 atom stereocenters. The van der Waals surface area contributed by atoms with Crippen LogP contribution in [0.4, 0.5) is 0 Å². The van der Waals surface area contributed by atoms with Gasteiger partial charge in [0.25, 0.3) is 0 Å². The number of fused-ring (bicyclic) bond motifs is 3. The standard InChI is InChI=1S/C15H20N6O2S/c1-2-24(22,23)20-11-5-3-4-10(8-11)15-19-18-13-9-17-14-12(21(13)15)6-7-16-14/h6-7,9-11,16,20H,2-5,8H2,1H3/t10-,11+/m0/s1. The lowest BCUT2D eigenvalue weighted by Crippen LogP contribution is -2.39. The summed E-state index contributed by atoms with van der Waals surface area (Å²) in [7, 11) is -3.19. The zero-order valence-corrected chi connectivity index (χ0v) is 14.3. The van der Waals surface area contributed by atoms with Crippen molar-refractivity contribution < 1.29 is 8.42 Å². The maximum Gasteiger partial charge on any atom is 0.211 e. The Morgan fingerprint density at radius 1 is 1.38 bits per heavy atom. The second kappa shape index (κ2) is 5.82. The molecule has 8 nitrogen and oxygen atoms in total. The molecule has 4 rings (SSSR count). The number of nitrogens with zero attached hydrogens (tertiary/aromatic N) is 4. The summed E-state index contributed by atoms with van der Waals surface area (Å²) < 4.78 is 28.6. The highest BCUT2D eigenvalue weighted by Crippen LogP contribution is 2.33. The molecule has 0 radical (unpaired) electrons. The van der Waals surface area contributed by atoms with E-state index in [2.05, 4.69) is 24.9 Å². The third-order valence-electron chi connectivity index (χ3n) is 4.73. The third-order valence-corrected chi connectivity index (χ3v) is 6.19. The van der Waals surface area contributed by atoms with E-state index in [1.165, 1.54) is 0 Å². The van der Waals surface area contributed by atoms with Crippen molar-refractivity contribution in [2.45, 2.75) is 44.6 Å². The fourth-order valence-electron chi connectivity index (χ4n) is 3.53. The van der Waals surface area contributed by atoms with Crippen molar-refractivity contribution in [1.82, 2.24) is 29.3 Å². The minimum absolute atomic E-state index is 0.0374.